The van der Waals surface area contributed by atoms with E-state index in [1.165, 1.54) is 40.2 Å². The van der Waals surface area contributed by atoms with Gasteiger partial charge in [0.05, 0.1) is 54.6 Å². The van der Waals surface area contributed by atoms with Crippen molar-refractivity contribution in [3.05, 3.63) is 79.9 Å². The SMILES string of the molecule is CCc1c(Cl)c(OC)c(Cl)c(O)c1C(=O)O[C@H]1[C@H](O)[C@H](OC)[C@H](OC/C2=C\C=C\C[C@H](O)/C(C)=C/[C@H](CC)[C@@H](O[C@@H]3OC(C)(C)[C@@H](OC(=O)C(C)C)[C@H](O)[C@@H]3O)/C(C)=C/C(C)=C/C[C@@H]([C@@H](C)O)OC2=O)O[C@@H]1C. The Morgan fingerprint density at radius 3 is 2.18 bits per heavy atom. The Labute approximate surface area is 438 Å². The number of carbonyl (C=O) groups is 3. The molecule has 6 N–H and O–H groups in total. The summed E-state index contributed by atoms with van der Waals surface area (Å²) in [7, 11) is 2.59. The molecule has 0 spiro atoms. The summed E-state index contributed by atoms with van der Waals surface area (Å²) < 4.78 is 52.9. The fourth-order valence-electron chi connectivity index (χ4n) is 8.77. The number of ether oxygens (including phenoxy) is 9. The van der Waals surface area contributed by atoms with E-state index in [4.69, 9.17) is 65.8 Å². The Morgan fingerprint density at radius 2 is 1.59 bits per heavy atom. The van der Waals surface area contributed by atoms with Gasteiger partial charge in [0.25, 0.3) is 0 Å². The van der Waals surface area contributed by atoms with Crippen LogP contribution in [0.4, 0.5) is 0 Å². The molecule has 0 unspecified atom stereocenters. The minimum atomic E-state index is -1.60. The standard InChI is InChI=1S/C53H76Cl2O18/c1-14-31-23-27(6)34(57)19-17-16-18-32(24-67-52-46(66-13)42(61)44(30(9)68-52)70-50(64)36-33(15-2)37(54)45(65-12)38(55)39(36)58)49(63)69-35(29(8)56)21-20-26(5)22-28(7)43(31)71-51-41(60)40(59)47(53(10,11)73-51)72-48(62)25(3)4/h16-18,20,22-23,25,29-31,34-35,40-44,46-47,51-52,56-61H,14-15,19,21,24H2,1-13H3/b17-16+,26-20+,27-23+,28-22+,32-18+/t29-,30-,31+,34+,35+,40-,41+,42+,43+,44-,46+,47+,51-,52-/m1/s1. The van der Waals surface area contributed by atoms with Gasteiger partial charge in [-0.3, -0.25) is 4.79 Å². The van der Waals surface area contributed by atoms with Gasteiger partial charge >= 0.3 is 17.9 Å². The number of aliphatic hydroxyl groups excluding tert-OH is 5. The third kappa shape index (κ3) is 15.2. The number of benzene rings is 1. The van der Waals surface area contributed by atoms with Crippen LogP contribution in [0.5, 0.6) is 11.5 Å². The number of esters is 3. The summed E-state index contributed by atoms with van der Waals surface area (Å²) in [6.45, 7) is 18.2. The molecule has 0 aromatic heterocycles. The lowest BCUT2D eigenvalue weighted by molar-refractivity contribution is -0.333. The van der Waals surface area contributed by atoms with E-state index in [0.29, 0.717) is 23.1 Å². The van der Waals surface area contributed by atoms with Crippen molar-refractivity contribution in [3.8, 4) is 11.5 Å². The van der Waals surface area contributed by atoms with Gasteiger partial charge < -0.3 is 73.3 Å². The number of hydrogen-bond acceptors (Lipinski definition) is 18. The van der Waals surface area contributed by atoms with Crippen LogP contribution in [0.25, 0.3) is 0 Å². The molecule has 2 fully saturated rings. The number of cyclic esters (lactones) is 1. The highest BCUT2D eigenvalue weighted by Gasteiger charge is 2.53. The molecule has 2 saturated heterocycles. The zero-order valence-corrected chi connectivity index (χ0v) is 45.5. The fraction of sp³-hybridized carbons (Fsp3) is 0.642. The number of aromatic hydroxyl groups is 1. The van der Waals surface area contributed by atoms with Crippen LogP contribution in [0.15, 0.2) is 58.7 Å². The maximum Gasteiger partial charge on any atom is 0.342 e. The predicted molar refractivity (Wildman–Crippen MR) is 270 cm³/mol. The Bertz CT molecular complexity index is 2230. The summed E-state index contributed by atoms with van der Waals surface area (Å²) in [6, 6.07) is 0. The van der Waals surface area contributed by atoms with E-state index in [2.05, 4.69) is 0 Å². The van der Waals surface area contributed by atoms with Crippen LogP contribution in [-0.2, 0) is 53.9 Å². The maximum absolute atomic E-state index is 14.0. The van der Waals surface area contributed by atoms with Gasteiger partial charge in [0.1, 0.15) is 46.7 Å². The molecule has 410 valence electrons. The second kappa shape index (κ2) is 27.2. The van der Waals surface area contributed by atoms with Crippen molar-refractivity contribution in [2.75, 3.05) is 20.8 Å². The van der Waals surface area contributed by atoms with E-state index in [9.17, 15) is 45.0 Å². The second-order valence-electron chi connectivity index (χ2n) is 19.5. The molecule has 3 aliphatic rings. The van der Waals surface area contributed by atoms with Crippen LogP contribution >= 0.6 is 23.2 Å². The van der Waals surface area contributed by atoms with Crippen LogP contribution in [0, 0.1) is 11.8 Å². The number of carbonyl (C=O) groups excluding carboxylic acids is 3. The summed E-state index contributed by atoms with van der Waals surface area (Å²) in [5, 5.41) is 67.0. The Balaban J connectivity index is 1.61. The minimum absolute atomic E-state index is 0.00570. The van der Waals surface area contributed by atoms with Crippen LogP contribution < -0.4 is 4.74 Å². The van der Waals surface area contributed by atoms with E-state index in [1.807, 2.05) is 32.9 Å². The van der Waals surface area contributed by atoms with Crippen LogP contribution in [0.3, 0.4) is 0 Å². The highest BCUT2D eigenvalue weighted by molar-refractivity contribution is 6.39. The number of halogens is 2. The molecule has 20 heteroatoms. The van der Waals surface area contributed by atoms with Gasteiger partial charge in [-0.25, -0.2) is 9.59 Å². The third-order valence-electron chi connectivity index (χ3n) is 13.2. The van der Waals surface area contributed by atoms with Gasteiger partial charge in [-0.2, -0.15) is 0 Å². The van der Waals surface area contributed by atoms with Crippen molar-refractivity contribution in [3.63, 3.8) is 0 Å². The molecule has 1 aromatic carbocycles. The molecule has 0 saturated carbocycles. The normalized spacial score (nSPS) is 34.5. The minimum Gasteiger partial charge on any atom is -0.505 e. The lowest BCUT2D eigenvalue weighted by Crippen LogP contribution is -2.64. The molecule has 0 bridgehead atoms. The number of phenolic OH excluding ortho intramolecular Hbond substituents is 1. The Hall–Kier alpha value is -3.89. The molecule has 0 radical (unpaired) electrons. The highest BCUT2D eigenvalue weighted by atomic mass is 35.5. The smallest absolute Gasteiger partial charge is 0.342 e. The van der Waals surface area contributed by atoms with Crippen LogP contribution in [-0.4, -0.2) is 155 Å². The molecule has 4 rings (SSSR count). The van der Waals surface area contributed by atoms with Gasteiger partial charge in [0.15, 0.2) is 36.3 Å². The molecule has 0 amide bonds. The van der Waals surface area contributed by atoms with Gasteiger partial charge in [-0.05, 0) is 90.5 Å². The lowest BCUT2D eigenvalue weighted by Gasteiger charge is -2.47. The second-order valence-corrected chi connectivity index (χ2v) is 20.3. The van der Waals surface area contributed by atoms with Gasteiger partial charge in [0, 0.05) is 19.4 Å². The average Bonchev–Trinajstić information content (AvgIpc) is 3.32. The van der Waals surface area contributed by atoms with E-state index in [0.717, 1.165) is 0 Å². The van der Waals surface area contributed by atoms with Crippen molar-refractivity contribution >= 4 is 41.1 Å². The first-order valence-corrected chi connectivity index (χ1v) is 25.3. The van der Waals surface area contributed by atoms with Crippen LogP contribution in [0.1, 0.15) is 111 Å². The topological polar surface area (TPSA) is 256 Å². The summed E-state index contributed by atoms with van der Waals surface area (Å²) in [4.78, 5) is 40.2. The predicted octanol–water partition coefficient (Wildman–Crippen LogP) is 6.54. The Kier molecular flexibility index (Phi) is 23.0. The molecule has 3 heterocycles. The van der Waals surface area contributed by atoms with Crippen molar-refractivity contribution in [1.82, 2.24) is 0 Å². The number of rotatable bonds is 14. The molecular weight excluding hydrogens is 995 g/mol. The first-order chi connectivity index (χ1) is 34.2. The summed E-state index contributed by atoms with van der Waals surface area (Å²) in [6.07, 6.45) is -5.15. The zero-order valence-electron chi connectivity index (χ0n) is 44.0. The average molecular weight is 1070 g/mol. The molecule has 73 heavy (non-hydrogen) atoms. The highest BCUT2D eigenvalue weighted by Crippen LogP contribution is 2.46. The maximum atomic E-state index is 14.0. The van der Waals surface area contributed by atoms with E-state index in [-0.39, 0.29) is 57.7 Å². The van der Waals surface area contributed by atoms with Gasteiger partial charge in [-0.15, -0.1) is 0 Å². The van der Waals surface area contributed by atoms with Crippen molar-refractivity contribution in [2.24, 2.45) is 11.8 Å². The van der Waals surface area contributed by atoms with E-state index < -0.39 is 122 Å². The number of allylic oxidation sites excluding steroid dienone is 4. The van der Waals surface area contributed by atoms with Crippen molar-refractivity contribution in [1.29, 1.82) is 0 Å². The quantitative estimate of drug-likeness (QED) is 0.0657. The molecular formula is C53H76Cl2O18. The monoisotopic (exact) mass is 1070 g/mol. The third-order valence-corrected chi connectivity index (χ3v) is 13.9. The molecule has 14 atom stereocenters. The van der Waals surface area contributed by atoms with E-state index in [1.54, 1.807) is 53.7 Å². The first kappa shape index (κ1) is 61.7. The zero-order chi connectivity index (χ0) is 54.8. The number of phenols is 1. The van der Waals surface area contributed by atoms with Crippen molar-refractivity contribution in [2.45, 2.75) is 187 Å². The summed E-state index contributed by atoms with van der Waals surface area (Å²) >= 11 is 12.8. The van der Waals surface area contributed by atoms with Gasteiger partial charge in [-0.1, -0.05) is 86.9 Å². The summed E-state index contributed by atoms with van der Waals surface area (Å²) in [5.74, 6) is -3.97. The largest absolute Gasteiger partial charge is 0.505 e. The molecule has 1 aromatic rings. The van der Waals surface area contributed by atoms with Gasteiger partial charge in [0.2, 0.25) is 0 Å². The molecule has 3 aliphatic heterocycles. The van der Waals surface area contributed by atoms with Crippen LogP contribution in [0.2, 0.25) is 10.0 Å². The number of methoxy groups -OCH3 is 2. The van der Waals surface area contributed by atoms with E-state index >= 15 is 0 Å². The Morgan fingerprint density at radius 1 is 0.918 bits per heavy atom. The molecule has 0 aliphatic carbocycles. The molecule has 18 nitrogen and oxygen atoms in total. The summed E-state index contributed by atoms with van der Waals surface area (Å²) in [5.41, 5.74) is 0.581. The number of hydrogen-bond donors (Lipinski definition) is 6. The first-order valence-electron chi connectivity index (χ1n) is 24.6. The fourth-order valence-corrected chi connectivity index (χ4v) is 9.48. The lowest BCUT2D eigenvalue weighted by atomic mass is 9.88. The van der Waals surface area contributed by atoms with Crippen molar-refractivity contribution < 1.29 is 87.7 Å². The number of aliphatic hydroxyl groups is 5.